The highest BCUT2D eigenvalue weighted by Crippen LogP contribution is 2.27. The standard InChI is InChI=1S/C12H13ClN2O3/c1-7-8(12(17)18)3-5-15(7)11(16)9-2-4-14-6-10(9)13/h2,4,6-8H,3,5H2,1H3,(H,17,18). The third-order valence-electron chi connectivity index (χ3n) is 3.34. The lowest BCUT2D eigenvalue weighted by atomic mass is 10.0. The van der Waals surface area contributed by atoms with Crippen molar-refractivity contribution in [3.63, 3.8) is 0 Å². The Morgan fingerprint density at radius 2 is 2.28 bits per heavy atom. The summed E-state index contributed by atoms with van der Waals surface area (Å²) in [7, 11) is 0. The second-order valence-electron chi connectivity index (χ2n) is 4.33. The van der Waals surface area contributed by atoms with E-state index < -0.39 is 11.9 Å². The maximum atomic E-state index is 12.3. The fourth-order valence-electron chi connectivity index (χ4n) is 2.26. The zero-order chi connectivity index (χ0) is 13.3. The van der Waals surface area contributed by atoms with Crippen molar-refractivity contribution in [1.82, 2.24) is 9.88 Å². The first-order valence-electron chi connectivity index (χ1n) is 5.65. The van der Waals surface area contributed by atoms with Gasteiger partial charge in [0.1, 0.15) is 0 Å². The van der Waals surface area contributed by atoms with Crippen molar-refractivity contribution < 1.29 is 14.7 Å². The minimum atomic E-state index is -0.862. The third kappa shape index (κ3) is 2.18. The molecule has 2 atom stereocenters. The number of aliphatic carboxylic acids is 1. The lowest BCUT2D eigenvalue weighted by molar-refractivity contribution is -0.142. The zero-order valence-electron chi connectivity index (χ0n) is 9.84. The Hall–Kier alpha value is -1.62. The molecule has 0 aliphatic carbocycles. The molecule has 1 amide bonds. The van der Waals surface area contributed by atoms with E-state index in [1.165, 1.54) is 12.4 Å². The van der Waals surface area contributed by atoms with Crippen molar-refractivity contribution in [3.8, 4) is 0 Å². The number of rotatable bonds is 2. The summed E-state index contributed by atoms with van der Waals surface area (Å²) < 4.78 is 0. The van der Waals surface area contributed by atoms with Gasteiger partial charge in [0.2, 0.25) is 0 Å². The van der Waals surface area contributed by atoms with Gasteiger partial charge in [-0.25, -0.2) is 0 Å². The fraction of sp³-hybridized carbons (Fsp3) is 0.417. The van der Waals surface area contributed by atoms with Crippen LogP contribution in [0.2, 0.25) is 5.02 Å². The molecular weight excluding hydrogens is 256 g/mol. The van der Waals surface area contributed by atoms with Crippen LogP contribution in [0.5, 0.6) is 0 Å². The number of hydrogen-bond acceptors (Lipinski definition) is 3. The van der Waals surface area contributed by atoms with Crippen LogP contribution in [0.1, 0.15) is 23.7 Å². The molecular formula is C12H13ClN2O3. The number of carboxylic acid groups (broad SMARTS) is 1. The van der Waals surface area contributed by atoms with E-state index in [1.54, 1.807) is 17.9 Å². The predicted octanol–water partition coefficient (Wildman–Crippen LogP) is 1.67. The van der Waals surface area contributed by atoms with Crippen LogP contribution >= 0.6 is 11.6 Å². The molecule has 0 saturated carbocycles. The number of aromatic nitrogens is 1. The smallest absolute Gasteiger partial charge is 0.308 e. The van der Waals surface area contributed by atoms with Crippen LogP contribution in [0.4, 0.5) is 0 Å². The van der Waals surface area contributed by atoms with Crippen LogP contribution < -0.4 is 0 Å². The van der Waals surface area contributed by atoms with Crippen LogP contribution in [-0.2, 0) is 4.79 Å². The van der Waals surface area contributed by atoms with Gasteiger partial charge in [-0.3, -0.25) is 14.6 Å². The summed E-state index contributed by atoms with van der Waals surface area (Å²) in [5, 5.41) is 9.32. The summed E-state index contributed by atoms with van der Waals surface area (Å²) in [6.45, 7) is 2.19. The molecule has 0 bridgehead atoms. The first-order chi connectivity index (χ1) is 8.52. The van der Waals surface area contributed by atoms with Gasteiger partial charge in [-0.05, 0) is 19.4 Å². The number of amides is 1. The molecule has 1 aromatic rings. The van der Waals surface area contributed by atoms with E-state index in [2.05, 4.69) is 4.98 Å². The zero-order valence-corrected chi connectivity index (χ0v) is 10.6. The predicted molar refractivity (Wildman–Crippen MR) is 65.5 cm³/mol. The Bertz CT molecular complexity index is 492. The maximum Gasteiger partial charge on any atom is 0.308 e. The van der Waals surface area contributed by atoms with Crippen LogP contribution in [0.15, 0.2) is 18.5 Å². The van der Waals surface area contributed by atoms with Crippen LogP contribution in [0, 0.1) is 5.92 Å². The number of carboxylic acids is 1. The Balaban J connectivity index is 2.21. The molecule has 1 aromatic heterocycles. The lowest BCUT2D eigenvalue weighted by Crippen LogP contribution is -2.37. The molecule has 0 radical (unpaired) electrons. The highest BCUT2D eigenvalue weighted by atomic mass is 35.5. The Labute approximate surface area is 109 Å². The van der Waals surface area contributed by atoms with Crippen molar-refractivity contribution in [1.29, 1.82) is 0 Å². The summed E-state index contributed by atoms with van der Waals surface area (Å²) in [4.78, 5) is 28.7. The monoisotopic (exact) mass is 268 g/mol. The van der Waals surface area contributed by atoms with Gasteiger partial charge in [0, 0.05) is 25.0 Å². The summed E-state index contributed by atoms with van der Waals surface area (Å²) in [5.41, 5.74) is 0.365. The summed E-state index contributed by atoms with van der Waals surface area (Å²) >= 11 is 5.92. The van der Waals surface area contributed by atoms with Crippen LogP contribution in [0.25, 0.3) is 0 Å². The number of hydrogen-bond donors (Lipinski definition) is 1. The number of nitrogens with zero attached hydrogens (tertiary/aromatic N) is 2. The highest BCUT2D eigenvalue weighted by molar-refractivity contribution is 6.33. The molecule has 1 aliphatic heterocycles. The number of pyridine rings is 1. The van der Waals surface area contributed by atoms with Gasteiger partial charge in [0.05, 0.1) is 16.5 Å². The molecule has 2 rings (SSSR count). The van der Waals surface area contributed by atoms with Crippen molar-refractivity contribution in [2.45, 2.75) is 19.4 Å². The molecule has 5 nitrogen and oxygen atoms in total. The maximum absolute atomic E-state index is 12.3. The average molecular weight is 269 g/mol. The summed E-state index contributed by atoms with van der Waals surface area (Å²) in [5.74, 6) is -1.60. The van der Waals surface area contributed by atoms with Crippen molar-refractivity contribution in [2.24, 2.45) is 5.92 Å². The average Bonchev–Trinajstić information content (AvgIpc) is 2.71. The molecule has 1 N–H and O–H groups in total. The molecule has 0 aromatic carbocycles. The van der Waals surface area contributed by atoms with E-state index in [-0.39, 0.29) is 17.0 Å². The molecule has 1 fully saturated rings. The van der Waals surface area contributed by atoms with Crippen molar-refractivity contribution in [2.75, 3.05) is 6.54 Å². The lowest BCUT2D eigenvalue weighted by Gasteiger charge is -2.23. The quantitative estimate of drug-likeness (QED) is 0.886. The van der Waals surface area contributed by atoms with Crippen molar-refractivity contribution >= 4 is 23.5 Å². The second-order valence-corrected chi connectivity index (χ2v) is 4.74. The Kier molecular flexibility index (Phi) is 3.52. The molecule has 2 heterocycles. The molecule has 2 unspecified atom stereocenters. The molecule has 1 saturated heterocycles. The summed E-state index contributed by atoms with van der Waals surface area (Å²) in [6, 6.07) is 1.23. The van der Waals surface area contributed by atoms with Gasteiger partial charge in [-0.2, -0.15) is 0 Å². The van der Waals surface area contributed by atoms with E-state index in [0.717, 1.165) is 0 Å². The normalized spacial score (nSPS) is 23.1. The van der Waals surface area contributed by atoms with E-state index in [1.807, 2.05) is 0 Å². The molecule has 1 aliphatic rings. The SMILES string of the molecule is CC1C(C(=O)O)CCN1C(=O)c1ccncc1Cl. The van der Waals surface area contributed by atoms with Crippen LogP contribution in [0.3, 0.4) is 0 Å². The van der Waals surface area contributed by atoms with E-state index >= 15 is 0 Å². The molecule has 18 heavy (non-hydrogen) atoms. The Morgan fingerprint density at radius 3 is 2.83 bits per heavy atom. The van der Waals surface area contributed by atoms with Gasteiger partial charge >= 0.3 is 5.97 Å². The topological polar surface area (TPSA) is 70.5 Å². The van der Waals surface area contributed by atoms with Gasteiger partial charge in [0.15, 0.2) is 0 Å². The van der Waals surface area contributed by atoms with Gasteiger partial charge in [0.25, 0.3) is 5.91 Å². The first-order valence-corrected chi connectivity index (χ1v) is 6.03. The number of carbonyl (C=O) groups excluding carboxylic acids is 1. The highest BCUT2D eigenvalue weighted by Gasteiger charge is 2.38. The fourth-order valence-corrected chi connectivity index (χ4v) is 2.46. The minimum absolute atomic E-state index is 0.237. The Morgan fingerprint density at radius 1 is 1.56 bits per heavy atom. The van der Waals surface area contributed by atoms with E-state index in [4.69, 9.17) is 16.7 Å². The van der Waals surface area contributed by atoms with Crippen LogP contribution in [-0.4, -0.2) is 39.5 Å². The van der Waals surface area contributed by atoms with E-state index in [0.29, 0.717) is 18.5 Å². The number of carbonyl (C=O) groups is 2. The van der Waals surface area contributed by atoms with Gasteiger partial charge < -0.3 is 10.0 Å². The number of likely N-dealkylation sites (tertiary alicyclic amines) is 1. The number of halogens is 1. The molecule has 0 spiro atoms. The largest absolute Gasteiger partial charge is 0.481 e. The van der Waals surface area contributed by atoms with Gasteiger partial charge in [-0.1, -0.05) is 11.6 Å². The minimum Gasteiger partial charge on any atom is -0.481 e. The molecule has 96 valence electrons. The van der Waals surface area contributed by atoms with Gasteiger partial charge in [-0.15, -0.1) is 0 Å². The summed E-state index contributed by atoms with van der Waals surface area (Å²) in [6.07, 6.45) is 3.38. The molecule has 6 heteroatoms. The first kappa shape index (κ1) is 12.8. The van der Waals surface area contributed by atoms with Crippen molar-refractivity contribution in [3.05, 3.63) is 29.0 Å². The third-order valence-corrected chi connectivity index (χ3v) is 3.64. The van der Waals surface area contributed by atoms with E-state index in [9.17, 15) is 9.59 Å². The second kappa shape index (κ2) is 4.94.